The second-order valence-electron chi connectivity index (χ2n) is 8.68. The molecule has 0 amide bonds. The Morgan fingerprint density at radius 3 is 2.34 bits per heavy atom. The Bertz CT molecular complexity index is 1360. The minimum Gasteiger partial charge on any atom is -0.493 e. The summed E-state index contributed by atoms with van der Waals surface area (Å²) in [4.78, 5) is 28.6. The van der Waals surface area contributed by atoms with E-state index in [2.05, 4.69) is 10.3 Å². The second kappa shape index (κ2) is 13.1. The van der Waals surface area contributed by atoms with Gasteiger partial charge in [0.2, 0.25) is 5.89 Å². The van der Waals surface area contributed by atoms with Crippen molar-refractivity contribution in [2.45, 2.75) is 32.2 Å². The number of hydrogen-bond acceptors (Lipinski definition) is 6. The lowest BCUT2D eigenvalue weighted by molar-refractivity contribution is -0.139. The number of benzene rings is 3. The van der Waals surface area contributed by atoms with Gasteiger partial charge < -0.3 is 19.6 Å². The largest absolute Gasteiger partial charge is 0.493 e. The molecule has 0 radical (unpaired) electrons. The molecule has 0 saturated carbocycles. The molecule has 0 spiro atoms. The van der Waals surface area contributed by atoms with Crippen LogP contribution in [-0.4, -0.2) is 34.5 Å². The number of carboxylic acid groups (broad SMARTS) is 1. The lowest BCUT2D eigenvalue weighted by Crippen LogP contribution is -2.35. The van der Waals surface area contributed by atoms with Crippen molar-refractivity contribution in [1.82, 2.24) is 10.3 Å². The first-order chi connectivity index (χ1) is 18.5. The van der Waals surface area contributed by atoms with Gasteiger partial charge in [0.25, 0.3) is 0 Å². The normalized spacial score (nSPS) is 11.8. The van der Waals surface area contributed by atoms with E-state index in [0.29, 0.717) is 30.2 Å². The molecule has 3 aromatic carbocycles. The third kappa shape index (κ3) is 7.20. The van der Waals surface area contributed by atoms with Crippen molar-refractivity contribution < 1.29 is 23.8 Å². The molecule has 2 N–H and O–H groups in total. The summed E-state index contributed by atoms with van der Waals surface area (Å²) in [6.07, 6.45) is 4.34. The van der Waals surface area contributed by atoms with Crippen LogP contribution in [0.5, 0.6) is 5.75 Å². The number of oxazole rings is 1. The highest BCUT2D eigenvalue weighted by atomic mass is 16.5. The first-order valence-electron chi connectivity index (χ1n) is 12.5. The predicted molar refractivity (Wildman–Crippen MR) is 145 cm³/mol. The summed E-state index contributed by atoms with van der Waals surface area (Å²) >= 11 is 0. The van der Waals surface area contributed by atoms with Crippen LogP contribution in [0.4, 0.5) is 0 Å². The molecular weight excluding hydrogens is 480 g/mol. The van der Waals surface area contributed by atoms with Crippen molar-refractivity contribution in [2.75, 3.05) is 6.61 Å². The monoisotopic (exact) mass is 510 g/mol. The number of hydrogen-bond donors (Lipinski definition) is 2. The van der Waals surface area contributed by atoms with Gasteiger partial charge in [-0.3, -0.25) is 4.79 Å². The van der Waals surface area contributed by atoms with E-state index in [1.807, 2.05) is 67.6 Å². The Morgan fingerprint density at radius 2 is 1.68 bits per heavy atom. The highest BCUT2D eigenvalue weighted by Crippen LogP contribution is 2.23. The fourth-order valence-corrected chi connectivity index (χ4v) is 3.94. The number of carbonyl (C=O) groups is 2. The molecule has 0 aliphatic rings. The van der Waals surface area contributed by atoms with Crippen molar-refractivity contribution >= 4 is 11.8 Å². The van der Waals surface area contributed by atoms with Crippen molar-refractivity contribution in [2.24, 2.45) is 0 Å². The van der Waals surface area contributed by atoms with Crippen LogP contribution in [0.3, 0.4) is 0 Å². The molecule has 0 aliphatic carbocycles. The van der Waals surface area contributed by atoms with E-state index in [0.717, 1.165) is 29.0 Å². The molecule has 0 saturated heterocycles. The molecule has 38 heavy (non-hydrogen) atoms. The number of allylic oxidation sites excluding steroid dienone is 1. The summed E-state index contributed by atoms with van der Waals surface area (Å²) in [5, 5.41) is 12.4. The van der Waals surface area contributed by atoms with Gasteiger partial charge in [-0.15, -0.1) is 0 Å². The number of rotatable bonds is 13. The summed E-state index contributed by atoms with van der Waals surface area (Å²) in [6.45, 7) is 2.47. The van der Waals surface area contributed by atoms with E-state index in [1.54, 1.807) is 24.3 Å². The number of ketones is 1. The van der Waals surface area contributed by atoms with Crippen molar-refractivity contribution in [3.63, 3.8) is 0 Å². The zero-order valence-corrected chi connectivity index (χ0v) is 21.2. The summed E-state index contributed by atoms with van der Waals surface area (Å²) < 4.78 is 11.8. The average Bonchev–Trinajstić information content (AvgIpc) is 3.37. The third-order valence-electron chi connectivity index (χ3n) is 5.98. The Balaban J connectivity index is 1.29. The summed E-state index contributed by atoms with van der Waals surface area (Å²) in [5.41, 5.74) is 3.20. The van der Waals surface area contributed by atoms with Crippen LogP contribution >= 0.6 is 0 Å². The van der Waals surface area contributed by atoms with Crippen LogP contribution < -0.4 is 10.1 Å². The van der Waals surface area contributed by atoms with Crippen LogP contribution in [0.2, 0.25) is 0 Å². The zero-order chi connectivity index (χ0) is 26.7. The highest BCUT2D eigenvalue weighted by molar-refractivity contribution is 6.04. The topological polar surface area (TPSA) is 102 Å². The third-order valence-corrected chi connectivity index (χ3v) is 5.98. The van der Waals surface area contributed by atoms with Gasteiger partial charge in [-0.1, -0.05) is 67.6 Å². The quantitative estimate of drug-likeness (QED) is 0.181. The van der Waals surface area contributed by atoms with E-state index in [1.165, 1.54) is 12.3 Å². The smallest absolute Gasteiger partial charge is 0.326 e. The van der Waals surface area contributed by atoms with Gasteiger partial charge in [0, 0.05) is 42.7 Å². The molecule has 1 aromatic heterocycles. The number of nitrogens with zero attached hydrogens (tertiary/aromatic N) is 1. The molecule has 0 aliphatic heterocycles. The van der Waals surface area contributed by atoms with Crippen LogP contribution in [0.15, 0.2) is 102 Å². The number of nitrogens with one attached hydrogen (secondary N) is 1. The number of carboxylic acids is 1. The first kappa shape index (κ1) is 26.4. The van der Waals surface area contributed by atoms with Gasteiger partial charge in [0.15, 0.2) is 5.78 Å². The van der Waals surface area contributed by atoms with Gasteiger partial charge in [0.1, 0.15) is 17.6 Å². The van der Waals surface area contributed by atoms with Crippen LogP contribution in [0.25, 0.3) is 11.5 Å². The SMILES string of the molecule is CCc1oc(-c2ccccc2)nc1CCOc1ccc(C[C@H](N/C=C\C(=O)c2ccccc2)C(=O)O)cc1. The fraction of sp³-hybridized carbons (Fsp3) is 0.194. The summed E-state index contributed by atoms with van der Waals surface area (Å²) in [6, 6.07) is 25.1. The Kier molecular flexibility index (Phi) is 9.07. The highest BCUT2D eigenvalue weighted by Gasteiger charge is 2.17. The van der Waals surface area contributed by atoms with Crippen molar-refractivity contribution in [3.05, 3.63) is 120 Å². The van der Waals surface area contributed by atoms with Gasteiger partial charge in [0.05, 0.1) is 12.3 Å². The molecule has 7 nitrogen and oxygen atoms in total. The zero-order valence-electron chi connectivity index (χ0n) is 21.2. The minimum absolute atomic E-state index is 0.197. The number of ether oxygens (including phenoxy) is 1. The molecular formula is C31H30N2O5. The lowest BCUT2D eigenvalue weighted by Gasteiger charge is -2.13. The van der Waals surface area contributed by atoms with Gasteiger partial charge >= 0.3 is 5.97 Å². The molecule has 7 heteroatoms. The molecule has 4 aromatic rings. The minimum atomic E-state index is -1.00. The standard InChI is InChI=1S/C31H30N2O5/c1-2-29-26(33-30(38-29)24-11-7-4-8-12-24)18-20-37-25-15-13-22(14-16-25)21-27(31(35)36)32-19-17-28(34)23-9-5-3-6-10-23/h3-17,19,27,32H,2,18,20-21H2,1H3,(H,35,36)/b19-17-/t27-/m0/s1. The summed E-state index contributed by atoms with van der Waals surface area (Å²) in [7, 11) is 0. The Hall–Kier alpha value is -4.65. The number of aliphatic carboxylic acids is 1. The second-order valence-corrected chi connectivity index (χ2v) is 8.68. The molecule has 1 heterocycles. The van der Waals surface area contributed by atoms with Crippen LogP contribution in [-0.2, 0) is 24.1 Å². The van der Waals surface area contributed by atoms with Crippen LogP contribution in [0.1, 0.15) is 34.3 Å². The van der Waals surface area contributed by atoms with E-state index >= 15 is 0 Å². The van der Waals surface area contributed by atoms with Gasteiger partial charge in [-0.2, -0.15) is 0 Å². The molecule has 0 bridgehead atoms. The average molecular weight is 511 g/mol. The van der Waals surface area contributed by atoms with Crippen molar-refractivity contribution in [3.8, 4) is 17.2 Å². The molecule has 0 fully saturated rings. The summed E-state index contributed by atoms with van der Waals surface area (Å²) in [5.74, 6) is 0.956. The Morgan fingerprint density at radius 1 is 1.00 bits per heavy atom. The first-order valence-corrected chi connectivity index (χ1v) is 12.5. The maximum absolute atomic E-state index is 12.2. The molecule has 1 atom stereocenters. The van der Waals surface area contributed by atoms with Crippen molar-refractivity contribution in [1.29, 1.82) is 0 Å². The van der Waals surface area contributed by atoms with E-state index in [-0.39, 0.29) is 12.2 Å². The number of aromatic nitrogens is 1. The lowest BCUT2D eigenvalue weighted by atomic mass is 10.1. The Labute approximate surface area is 221 Å². The van der Waals surface area contributed by atoms with Gasteiger partial charge in [-0.25, -0.2) is 9.78 Å². The fourth-order valence-electron chi connectivity index (χ4n) is 3.94. The maximum atomic E-state index is 12.2. The van der Waals surface area contributed by atoms with Gasteiger partial charge in [-0.05, 0) is 29.8 Å². The van der Waals surface area contributed by atoms with E-state index in [4.69, 9.17) is 9.15 Å². The molecule has 194 valence electrons. The molecule has 4 rings (SSSR count). The maximum Gasteiger partial charge on any atom is 0.326 e. The van der Waals surface area contributed by atoms with Crippen LogP contribution in [0, 0.1) is 0 Å². The number of carbonyl (C=O) groups excluding carboxylic acids is 1. The predicted octanol–water partition coefficient (Wildman–Crippen LogP) is 5.51. The molecule has 0 unspecified atom stereocenters. The number of aryl methyl sites for hydroxylation is 1. The van der Waals surface area contributed by atoms with E-state index in [9.17, 15) is 14.7 Å². The van der Waals surface area contributed by atoms with E-state index < -0.39 is 12.0 Å².